The third-order valence-corrected chi connectivity index (χ3v) is 5.53. The van der Waals surface area contributed by atoms with Crippen LogP contribution in [0.4, 0.5) is 0 Å². The van der Waals surface area contributed by atoms with E-state index in [1.54, 1.807) is 12.3 Å². The van der Waals surface area contributed by atoms with Crippen molar-refractivity contribution in [2.24, 2.45) is 5.10 Å². The average molecular weight is 542 g/mol. The molecule has 2 heterocycles. The lowest BCUT2D eigenvalue weighted by Crippen LogP contribution is -2.24. The number of hydrazone groups is 1. The van der Waals surface area contributed by atoms with Crippen molar-refractivity contribution in [3.63, 3.8) is 0 Å². The lowest BCUT2D eigenvalue weighted by Gasteiger charge is -2.25. The number of carbonyl (C=O) groups is 1. The second-order valence-electron chi connectivity index (χ2n) is 7.45. The third kappa shape index (κ3) is 4.13. The van der Waals surface area contributed by atoms with E-state index in [9.17, 15) is 4.79 Å². The maximum atomic E-state index is 12.4. The van der Waals surface area contributed by atoms with Crippen molar-refractivity contribution in [1.29, 1.82) is 0 Å². The molecule has 0 saturated heterocycles. The Morgan fingerprint density at radius 3 is 2.59 bits per heavy atom. The van der Waals surface area contributed by atoms with E-state index in [4.69, 9.17) is 4.42 Å². The number of hydrogen-bond acceptors (Lipinski definition) is 3. The number of aromatic nitrogens is 1. The van der Waals surface area contributed by atoms with Crippen molar-refractivity contribution < 1.29 is 9.21 Å². The van der Waals surface area contributed by atoms with E-state index in [-0.39, 0.29) is 17.2 Å². The van der Waals surface area contributed by atoms with Crippen LogP contribution in [0.15, 0.2) is 38.3 Å². The van der Waals surface area contributed by atoms with Crippen molar-refractivity contribution in [1.82, 2.24) is 9.99 Å². The molecule has 0 fully saturated rings. The number of aryl methyl sites for hydroxylation is 1. The second kappa shape index (κ2) is 7.43. The largest absolute Gasteiger partial charge is 0.450 e. The summed E-state index contributed by atoms with van der Waals surface area (Å²) < 4.78 is 9.83. The van der Waals surface area contributed by atoms with E-state index in [2.05, 4.69) is 94.3 Å². The molecular weight excluding hydrogens is 521 g/mol. The summed E-state index contributed by atoms with van der Waals surface area (Å²) in [4.78, 5) is 12.4. The maximum absolute atomic E-state index is 12.4. The number of carbonyl (C=O) groups excluding carboxylic acids is 1. The third-order valence-electron chi connectivity index (χ3n) is 4.27. The van der Waals surface area contributed by atoms with Gasteiger partial charge >= 0.3 is 5.91 Å². The van der Waals surface area contributed by atoms with Crippen molar-refractivity contribution in [3.8, 4) is 0 Å². The van der Waals surface area contributed by atoms with Gasteiger partial charge in [0.05, 0.1) is 9.78 Å². The highest BCUT2D eigenvalue weighted by Gasteiger charge is 2.19. The van der Waals surface area contributed by atoms with Crippen LogP contribution in [0, 0.1) is 17.4 Å². The van der Waals surface area contributed by atoms with Gasteiger partial charge in [-0.1, -0.05) is 15.9 Å². The number of benzene rings is 1. The molecule has 0 spiro atoms. The van der Waals surface area contributed by atoms with Gasteiger partial charge in [0, 0.05) is 32.3 Å². The summed E-state index contributed by atoms with van der Waals surface area (Å²) in [7, 11) is 0. The smallest absolute Gasteiger partial charge is 0.307 e. The fourth-order valence-corrected chi connectivity index (χ4v) is 5.01. The highest BCUT2D eigenvalue weighted by molar-refractivity contribution is 14.1. The first-order valence-electron chi connectivity index (χ1n) is 8.49. The number of rotatable bonds is 3. The quantitative estimate of drug-likeness (QED) is 0.261. The molecule has 5 nitrogen and oxygen atoms in total. The van der Waals surface area contributed by atoms with Crippen molar-refractivity contribution in [3.05, 3.63) is 55.0 Å². The zero-order valence-corrected chi connectivity index (χ0v) is 19.6. The molecule has 0 aliphatic rings. The molecular formula is C20H21BrIN3O2. The van der Waals surface area contributed by atoms with Gasteiger partial charge in [-0.15, -0.1) is 0 Å². The molecule has 0 saturated carbocycles. The zero-order chi connectivity index (χ0) is 19.9. The standard InChI is InChI=1S/C20H21BrIN3O2/c1-11-6-14(12(2)25(11)20(3,4)5)10-23-24-19(26)17-8-13-7-15(21)9-16(22)18(13)27-17/h6-10H,1-5H3,(H,24,26)/b23-10-. The predicted octanol–water partition coefficient (Wildman–Crippen LogP) is 5.74. The van der Waals surface area contributed by atoms with Gasteiger partial charge in [-0.25, -0.2) is 5.43 Å². The Kier molecular flexibility index (Phi) is 5.54. The van der Waals surface area contributed by atoms with E-state index in [0.717, 1.165) is 30.4 Å². The van der Waals surface area contributed by atoms with Crippen LogP contribution in [0.3, 0.4) is 0 Å². The molecule has 1 amide bonds. The normalized spacial score (nSPS) is 12.3. The van der Waals surface area contributed by atoms with Gasteiger partial charge in [0.2, 0.25) is 0 Å². The molecule has 27 heavy (non-hydrogen) atoms. The van der Waals surface area contributed by atoms with Gasteiger partial charge in [0.1, 0.15) is 5.58 Å². The minimum absolute atomic E-state index is 0.0107. The number of hydrogen-bond donors (Lipinski definition) is 1. The molecule has 0 radical (unpaired) electrons. The summed E-state index contributed by atoms with van der Waals surface area (Å²) in [5.41, 5.74) is 6.48. The molecule has 2 aromatic heterocycles. The summed E-state index contributed by atoms with van der Waals surface area (Å²) in [6, 6.07) is 7.65. The van der Waals surface area contributed by atoms with Gasteiger partial charge in [0.15, 0.2) is 5.76 Å². The van der Waals surface area contributed by atoms with Crippen LogP contribution >= 0.6 is 38.5 Å². The maximum Gasteiger partial charge on any atom is 0.307 e. The number of halogens is 2. The highest BCUT2D eigenvalue weighted by atomic mass is 127. The minimum Gasteiger partial charge on any atom is -0.450 e. The number of nitrogens with one attached hydrogen (secondary N) is 1. The van der Waals surface area contributed by atoms with Gasteiger partial charge in [0.25, 0.3) is 0 Å². The number of furan rings is 1. The molecule has 0 aliphatic heterocycles. The molecule has 142 valence electrons. The Morgan fingerprint density at radius 1 is 1.26 bits per heavy atom. The highest BCUT2D eigenvalue weighted by Crippen LogP contribution is 2.28. The Labute approximate surface area is 180 Å². The number of fused-ring (bicyclic) bond motifs is 1. The first-order chi connectivity index (χ1) is 12.6. The summed E-state index contributed by atoms with van der Waals surface area (Å²) >= 11 is 5.64. The summed E-state index contributed by atoms with van der Waals surface area (Å²) in [5.74, 6) is -0.141. The van der Waals surface area contributed by atoms with Crippen LogP contribution in [0.5, 0.6) is 0 Å². The van der Waals surface area contributed by atoms with E-state index in [1.165, 1.54) is 0 Å². The van der Waals surface area contributed by atoms with Gasteiger partial charge in [-0.2, -0.15) is 5.10 Å². The average Bonchev–Trinajstić information content (AvgIpc) is 3.08. The second-order valence-corrected chi connectivity index (χ2v) is 9.53. The SMILES string of the molecule is Cc1cc(/C=N\NC(=O)c2cc3cc(Br)cc(I)c3o2)c(C)n1C(C)(C)C. The van der Waals surface area contributed by atoms with Crippen molar-refractivity contribution >= 4 is 61.6 Å². The Bertz CT molecular complexity index is 1060. The zero-order valence-electron chi connectivity index (χ0n) is 15.9. The van der Waals surface area contributed by atoms with Crippen LogP contribution < -0.4 is 5.43 Å². The van der Waals surface area contributed by atoms with Crippen LogP contribution in [0.25, 0.3) is 11.0 Å². The number of nitrogens with zero attached hydrogens (tertiary/aromatic N) is 2. The van der Waals surface area contributed by atoms with E-state index in [1.807, 2.05) is 12.1 Å². The first-order valence-corrected chi connectivity index (χ1v) is 10.4. The minimum atomic E-state index is -0.376. The van der Waals surface area contributed by atoms with Gasteiger partial charge < -0.3 is 8.98 Å². The summed E-state index contributed by atoms with van der Waals surface area (Å²) in [6.45, 7) is 10.6. The topological polar surface area (TPSA) is 59.5 Å². The molecule has 0 aliphatic carbocycles. The molecule has 1 aromatic carbocycles. The monoisotopic (exact) mass is 541 g/mol. The van der Waals surface area contributed by atoms with Gasteiger partial charge in [-0.05, 0) is 81.5 Å². The number of amides is 1. The Morgan fingerprint density at radius 2 is 1.96 bits per heavy atom. The van der Waals surface area contributed by atoms with Crippen LogP contribution in [0.2, 0.25) is 0 Å². The Hall–Kier alpha value is -1.61. The molecule has 0 unspecified atom stereocenters. The van der Waals surface area contributed by atoms with Crippen LogP contribution in [-0.2, 0) is 5.54 Å². The molecule has 0 atom stereocenters. The predicted molar refractivity (Wildman–Crippen MR) is 121 cm³/mol. The summed E-state index contributed by atoms with van der Waals surface area (Å²) in [6.07, 6.45) is 1.67. The van der Waals surface area contributed by atoms with Crippen LogP contribution in [-0.4, -0.2) is 16.7 Å². The molecule has 3 aromatic rings. The van der Waals surface area contributed by atoms with Gasteiger partial charge in [-0.3, -0.25) is 4.79 Å². The van der Waals surface area contributed by atoms with E-state index in [0.29, 0.717) is 5.58 Å². The summed E-state index contributed by atoms with van der Waals surface area (Å²) in [5, 5.41) is 4.99. The lowest BCUT2D eigenvalue weighted by molar-refractivity contribution is 0.0929. The van der Waals surface area contributed by atoms with Crippen LogP contribution in [0.1, 0.15) is 48.3 Å². The van der Waals surface area contributed by atoms with Crippen molar-refractivity contribution in [2.45, 2.75) is 40.2 Å². The van der Waals surface area contributed by atoms with Crippen molar-refractivity contribution in [2.75, 3.05) is 0 Å². The van der Waals surface area contributed by atoms with E-state index >= 15 is 0 Å². The molecule has 7 heteroatoms. The lowest BCUT2D eigenvalue weighted by atomic mass is 10.1. The molecule has 0 bridgehead atoms. The Balaban J connectivity index is 1.79. The molecule has 1 N–H and O–H groups in total. The van der Waals surface area contributed by atoms with E-state index < -0.39 is 0 Å². The fraction of sp³-hybridized carbons (Fsp3) is 0.300. The fourth-order valence-electron chi connectivity index (χ4n) is 3.35. The first kappa shape index (κ1) is 20.1. The molecule has 3 rings (SSSR count).